The molecule has 0 bridgehead atoms. The molecule has 0 aliphatic carbocycles. The minimum absolute atomic E-state index is 0.284. The van der Waals surface area contributed by atoms with Crippen LogP contribution < -0.4 is 5.32 Å². The Balaban J connectivity index is 2.13. The Morgan fingerprint density at radius 3 is 2.35 bits per heavy atom. The Morgan fingerprint density at radius 1 is 1.24 bits per heavy atom. The van der Waals surface area contributed by atoms with E-state index in [0.29, 0.717) is 6.41 Å². The van der Waals surface area contributed by atoms with Crippen molar-refractivity contribution in [3.63, 3.8) is 0 Å². The lowest BCUT2D eigenvalue weighted by atomic mass is 9.74. The average Bonchev–Trinajstić information content (AvgIpc) is 2.35. The maximum Gasteiger partial charge on any atom is 0.211 e. The van der Waals surface area contributed by atoms with Crippen molar-refractivity contribution in [2.45, 2.75) is 25.2 Å². The number of carbonyl (C=O) groups excluding carboxylic acids is 1. The summed E-state index contributed by atoms with van der Waals surface area (Å²) in [6.45, 7) is 4.65. The lowest BCUT2D eigenvalue weighted by molar-refractivity contribution is -0.105. The normalized spacial score (nSPS) is 19.9. The van der Waals surface area contributed by atoms with Crippen molar-refractivity contribution in [2.75, 3.05) is 25.5 Å². The third-order valence-electron chi connectivity index (χ3n) is 3.90. The van der Waals surface area contributed by atoms with Gasteiger partial charge in [0.2, 0.25) is 6.41 Å². The quantitative estimate of drug-likeness (QED) is 0.811. The van der Waals surface area contributed by atoms with Crippen LogP contribution in [0.2, 0.25) is 0 Å². The molecule has 1 aliphatic rings. The van der Waals surface area contributed by atoms with Gasteiger partial charge in [0, 0.05) is 5.69 Å². The van der Waals surface area contributed by atoms with Gasteiger partial charge in [0.25, 0.3) is 0 Å². The predicted molar refractivity (Wildman–Crippen MR) is 70.2 cm³/mol. The Labute approximate surface area is 103 Å². The first-order valence-electron chi connectivity index (χ1n) is 6.13. The number of hydrogen-bond donors (Lipinski definition) is 1. The Kier molecular flexibility index (Phi) is 3.48. The SMILES string of the molecule is CN1CCC(C)(c2ccc(NC=O)cc2)CC1. The molecular weight excluding hydrogens is 212 g/mol. The van der Waals surface area contributed by atoms with Crippen LogP contribution in [-0.4, -0.2) is 31.4 Å². The smallest absolute Gasteiger partial charge is 0.211 e. The summed E-state index contributed by atoms with van der Waals surface area (Å²) >= 11 is 0. The zero-order chi connectivity index (χ0) is 12.3. The van der Waals surface area contributed by atoms with Crippen LogP contribution in [0.15, 0.2) is 24.3 Å². The molecular formula is C14H20N2O. The largest absolute Gasteiger partial charge is 0.329 e. The van der Waals surface area contributed by atoms with Crippen molar-refractivity contribution in [1.29, 1.82) is 0 Å². The average molecular weight is 232 g/mol. The highest BCUT2D eigenvalue weighted by Crippen LogP contribution is 2.34. The monoisotopic (exact) mass is 232 g/mol. The molecule has 0 radical (unpaired) electrons. The topological polar surface area (TPSA) is 32.3 Å². The fourth-order valence-corrected chi connectivity index (χ4v) is 2.44. The number of hydrogen-bond acceptors (Lipinski definition) is 2. The summed E-state index contributed by atoms with van der Waals surface area (Å²) in [4.78, 5) is 12.7. The van der Waals surface area contributed by atoms with E-state index in [4.69, 9.17) is 0 Å². The van der Waals surface area contributed by atoms with Gasteiger partial charge in [-0.15, -0.1) is 0 Å². The predicted octanol–water partition coefficient (Wildman–Crippen LogP) is 2.24. The molecule has 1 aliphatic heterocycles. The van der Waals surface area contributed by atoms with Crippen LogP contribution in [-0.2, 0) is 10.2 Å². The number of piperidine rings is 1. The summed E-state index contributed by atoms with van der Waals surface area (Å²) in [7, 11) is 2.18. The van der Waals surface area contributed by atoms with E-state index in [9.17, 15) is 4.79 Å². The van der Waals surface area contributed by atoms with Crippen molar-refractivity contribution in [3.8, 4) is 0 Å². The van der Waals surface area contributed by atoms with Crippen molar-refractivity contribution >= 4 is 12.1 Å². The van der Waals surface area contributed by atoms with Gasteiger partial charge in [-0.1, -0.05) is 19.1 Å². The maximum absolute atomic E-state index is 10.3. The molecule has 1 aromatic carbocycles. The summed E-state index contributed by atoms with van der Waals surface area (Å²) < 4.78 is 0. The number of rotatable bonds is 3. The van der Waals surface area contributed by atoms with Gasteiger partial charge < -0.3 is 10.2 Å². The van der Waals surface area contributed by atoms with Gasteiger partial charge in [0.1, 0.15) is 0 Å². The van der Waals surface area contributed by atoms with Crippen LogP contribution in [0.25, 0.3) is 0 Å². The van der Waals surface area contributed by atoms with E-state index >= 15 is 0 Å². The van der Waals surface area contributed by atoms with E-state index in [1.165, 1.54) is 18.4 Å². The molecule has 1 heterocycles. The number of anilines is 1. The number of likely N-dealkylation sites (tertiary alicyclic amines) is 1. The molecule has 1 amide bonds. The highest BCUT2D eigenvalue weighted by molar-refractivity contribution is 5.71. The van der Waals surface area contributed by atoms with Gasteiger partial charge >= 0.3 is 0 Å². The zero-order valence-electron chi connectivity index (χ0n) is 10.6. The molecule has 3 heteroatoms. The number of carbonyl (C=O) groups is 1. The van der Waals surface area contributed by atoms with E-state index in [-0.39, 0.29) is 5.41 Å². The summed E-state index contributed by atoms with van der Waals surface area (Å²) in [6.07, 6.45) is 3.11. The van der Waals surface area contributed by atoms with Crippen molar-refractivity contribution < 1.29 is 4.79 Å². The summed E-state index contributed by atoms with van der Waals surface area (Å²) in [6, 6.07) is 8.23. The highest BCUT2D eigenvalue weighted by atomic mass is 16.1. The summed E-state index contributed by atoms with van der Waals surface area (Å²) in [5, 5.41) is 2.67. The molecule has 0 aromatic heterocycles. The van der Waals surface area contributed by atoms with Crippen LogP contribution >= 0.6 is 0 Å². The Bertz CT molecular complexity index is 378. The lowest BCUT2D eigenvalue weighted by Gasteiger charge is -2.38. The molecule has 2 rings (SSSR count). The van der Waals surface area contributed by atoms with E-state index in [1.54, 1.807) is 0 Å². The molecule has 0 atom stereocenters. The fourth-order valence-electron chi connectivity index (χ4n) is 2.44. The van der Waals surface area contributed by atoms with Gasteiger partial charge in [-0.25, -0.2) is 0 Å². The van der Waals surface area contributed by atoms with Crippen LogP contribution in [0.3, 0.4) is 0 Å². The molecule has 92 valence electrons. The molecule has 0 unspecified atom stereocenters. The Morgan fingerprint density at radius 2 is 1.82 bits per heavy atom. The number of nitrogens with one attached hydrogen (secondary N) is 1. The maximum atomic E-state index is 10.3. The molecule has 0 spiro atoms. The molecule has 1 aromatic rings. The molecule has 1 saturated heterocycles. The van der Waals surface area contributed by atoms with Crippen LogP contribution in [0.1, 0.15) is 25.3 Å². The second-order valence-electron chi connectivity index (χ2n) is 5.20. The van der Waals surface area contributed by atoms with E-state index in [1.807, 2.05) is 12.1 Å². The second kappa shape index (κ2) is 4.88. The number of nitrogens with zero attached hydrogens (tertiary/aromatic N) is 1. The van der Waals surface area contributed by atoms with E-state index in [0.717, 1.165) is 18.8 Å². The van der Waals surface area contributed by atoms with Gasteiger partial charge in [-0.2, -0.15) is 0 Å². The Hall–Kier alpha value is -1.35. The van der Waals surface area contributed by atoms with Gasteiger partial charge in [0.15, 0.2) is 0 Å². The highest BCUT2D eigenvalue weighted by Gasteiger charge is 2.30. The van der Waals surface area contributed by atoms with E-state index < -0.39 is 0 Å². The van der Waals surface area contributed by atoms with Crippen molar-refractivity contribution in [1.82, 2.24) is 4.90 Å². The van der Waals surface area contributed by atoms with Crippen LogP contribution in [0.4, 0.5) is 5.69 Å². The molecule has 1 N–H and O–H groups in total. The van der Waals surface area contributed by atoms with Crippen molar-refractivity contribution in [3.05, 3.63) is 29.8 Å². The second-order valence-corrected chi connectivity index (χ2v) is 5.20. The van der Waals surface area contributed by atoms with Gasteiger partial charge in [-0.3, -0.25) is 4.79 Å². The fraction of sp³-hybridized carbons (Fsp3) is 0.500. The van der Waals surface area contributed by atoms with Gasteiger partial charge in [-0.05, 0) is 56.1 Å². The standard InChI is InChI=1S/C14H20N2O/c1-14(7-9-16(2)10-8-14)12-3-5-13(6-4-12)15-11-17/h3-6,11H,7-10H2,1-2H3,(H,15,17). The first-order chi connectivity index (χ1) is 8.14. The molecule has 0 saturated carbocycles. The molecule has 17 heavy (non-hydrogen) atoms. The third-order valence-corrected chi connectivity index (χ3v) is 3.90. The summed E-state index contributed by atoms with van der Waals surface area (Å²) in [5.41, 5.74) is 2.52. The van der Waals surface area contributed by atoms with Gasteiger partial charge in [0.05, 0.1) is 0 Å². The minimum Gasteiger partial charge on any atom is -0.329 e. The summed E-state index contributed by atoms with van der Waals surface area (Å²) in [5.74, 6) is 0. The van der Waals surface area contributed by atoms with Crippen LogP contribution in [0.5, 0.6) is 0 Å². The van der Waals surface area contributed by atoms with E-state index in [2.05, 4.69) is 36.3 Å². The van der Waals surface area contributed by atoms with Crippen molar-refractivity contribution in [2.24, 2.45) is 0 Å². The number of benzene rings is 1. The van der Waals surface area contributed by atoms with Crippen LogP contribution in [0, 0.1) is 0 Å². The zero-order valence-corrected chi connectivity index (χ0v) is 10.6. The number of amides is 1. The first-order valence-corrected chi connectivity index (χ1v) is 6.13. The molecule has 1 fully saturated rings. The first kappa shape index (κ1) is 12.1. The lowest BCUT2D eigenvalue weighted by Crippen LogP contribution is -2.38. The third kappa shape index (κ3) is 2.67. The minimum atomic E-state index is 0.284. The molecule has 3 nitrogen and oxygen atoms in total.